The van der Waals surface area contributed by atoms with Crippen LogP contribution in [0.25, 0.3) is 0 Å². The molecule has 136 valence electrons. The molecule has 1 heterocycles. The molecule has 2 unspecified atom stereocenters. The second kappa shape index (κ2) is 8.06. The summed E-state index contributed by atoms with van der Waals surface area (Å²) in [6, 6.07) is 18.5. The van der Waals surface area contributed by atoms with Gasteiger partial charge in [0.05, 0.1) is 7.11 Å². The van der Waals surface area contributed by atoms with E-state index in [1.807, 2.05) is 36.4 Å². The molecular weight excluding hydrogens is 324 g/mol. The van der Waals surface area contributed by atoms with Crippen LogP contribution in [0.5, 0.6) is 5.75 Å². The lowest BCUT2D eigenvalue weighted by molar-refractivity contribution is 0.338. The van der Waals surface area contributed by atoms with Crippen molar-refractivity contribution in [3.8, 4) is 5.75 Å². The molecule has 0 saturated heterocycles. The van der Waals surface area contributed by atoms with Crippen LogP contribution in [0, 0.1) is 0 Å². The van der Waals surface area contributed by atoms with Gasteiger partial charge in [-0.2, -0.15) is 0 Å². The van der Waals surface area contributed by atoms with Gasteiger partial charge >= 0.3 is 0 Å². The van der Waals surface area contributed by atoms with Gasteiger partial charge in [-0.25, -0.2) is 0 Å². The van der Waals surface area contributed by atoms with Gasteiger partial charge in [0.2, 0.25) is 0 Å². The minimum Gasteiger partial charge on any atom is -0.497 e. The van der Waals surface area contributed by atoms with E-state index in [2.05, 4.69) is 46.8 Å². The Morgan fingerprint density at radius 2 is 1.88 bits per heavy atom. The molecule has 4 N–H and O–H groups in total. The van der Waals surface area contributed by atoms with Crippen molar-refractivity contribution in [2.24, 2.45) is 10.7 Å². The highest BCUT2D eigenvalue weighted by molar-refractivity contribution is 5.73. The summed E-state index contributed by atoms with van der Waals surface area (Å²) < 4.78 is 5.19. The van der Waals surface area contributed by atoms with Gasteiger partial charge in [0.15, 0.2) is 5.79 Å². The molecule has 0 saturated carbocycles. The first-order valence-electron chi connectivity index (χ1n) is 8.85. The number of nitrogens with two attached hydrogens (primary N) is 1. The lowest BCUT2D eigenvalue weighted by Crippen LogP contribution is -2.55. The van der Waals surface area contributed by atoms with Crippen molar-refractivity contribution in [2.75, 3.05) is 7.11 Å². The molecule has 5 nitrogen and oxygen atoms in total. The van der Waals surface area contributed by atoms with E-state index in [4.69, 9.17) is 10.5 Å². The summed E-state index contributed by atoms with van der Waals surface area (Å²) in [6.07, 6.45) is 5.20. The molecule has 3 rings (SSSR count). The fourth-order valence-electron chi connectivity index (χ4n) is 2.95. The number of benzene rings is 2. The van der Waals surface area contributed by atoms with Gasteiger partial charge < -0.3 is 15.4 Å². The maximum atomic E-state index is 6.45. The number of hydrogen-bond donors (Lipinski definition) is 3. The van der Waals surface area contributed by atoms with Gasteiger partial charge in [-0.15, -0.1) is 0 Å². The third kappa shape index (κ3) is 4.64. The Hall–Kier alpha value is -2.79. The first-order chi connectivity index (χ1) is 12.6. The Kier molecular flexibility index (Phi) is 5.58. The summed E-state index contributed by atoms with van der Waals surface area (Å²) in [5.74, 6) is 0.927. The van der Waals surface area contributed by atoms with Crippen molar-refractivity contribution < 1.29 is 4.74 Å². The molecule has 0 amide bonds. The van der Waals surface area contributed by atoms with Gasteiger partial charge in [-0.05, 0) is 42.7 Å². The van der Waals surface area contributed by atoms with Crippen molar-refractivity contribution in [1.82, 2.24) is 10.6 Å². The van der Waals surface area contributed by atoms with Gasteiger partial charge in [0.25, 0.3) is 0 Å². The number of nitrogens with one attached hydrogen (secondary N) is 2. The fourth-order valence-corrected chi connectivity index (χ4v) is 2.95. The summed E-state index contributed by atoms with van der Waals surface area (Å²) in [7, 11) is 1.67. The highest BCUT2D eigenvalue weighted by atomic mass is 16.5. The molecule has 1 aliphatic rings. The Bertz CT molecular complexity index is 770. The Labute approximate surface area is 155 Å². The van der Waals surface area contributed by atoms with Crippen molar-refractivity contribution in [2.45, 2.75) is 31.6 Å². The van der Waals surface area contributed by atoms with Gasteiger partial charge in [0.1, 0.15) is 11.6 Å². The smallest absolute Gasteiger partial charge is 0.183 e. The standard InChI is InChI=1S/C21H26N4O/c1-16(18-6-4-3-5-7-18)24-20-13-15-23-21(22,25-20)14-12-17-8-10-19(26-2)11-9-17/h3-11,13,15-16,24-25H,12,14,22H2,1-2H3. The zero-order chi connectivity index (χ0) is 18.4. The zero-order valence-corrected chi connectivity index (χ0v) is 15.3. The van der Waals surface area contributed by atoms with Crippen LogP contribution in [0.1, 0.15) is 30.5 Å². The number of aliphatic imine (C=N–C) groups is 1. The molecule has 0 aliphatic carbocycles. The Morgan fingerprint density at radius 3 is 2.58 bits per heavy atom. The van der Waals surface area contributed by atoms with Gasteiger partial charge in [-0.3, -0.25) is 10.7 Å². The number of ether oxygens (including phenoxy) is 1. The number of methoxy groups -OCH3 is 1. The maximum absolute atomic E-state index is 6.45. The Morgan fingerprint density at radius 1 is 1.15 bits per heavy atom. The molecule has 0 spiro atoms. The van der Waals surface area contributed by atoms with Crippen molar-refractivity contribution in [3.63, 3.8) is 0 Å². The third-order valence-electron chi connectivity index (χ3n) is 4.52. The monoisotopic (exact) mass is 350 g/mol. The second-order valence-electron chi connectivity index (χ2n) is 6.53. The first-order valence-corrected chi connectivity index (χ1v) is 8.85. The topological polar surface area (TPSA) is 71.7 Å². The first kappa shape index (κ1) is 18.0. The van der Waals surface area contributed by atoms with E-state index in [9.17, 15) is 0 Å². The molecule has 2 atom stereocenters. The average molecular weight is 350 g/mol. The minimum absolute atomic E-state index is 0.173. The zero-order valence-electron chi connectivity index (χ0n) is 15.3. The van der Waals surface area contributed by atoms with E-state index in [0.717, 1.165) is 18.0 Å². The van der Waals surface area contributed by atoms with Crippen LogP contribution in [0.15, 0.2) is 71.5 Å². The molecule has 1 aliphatic heterocycles. The van der Waals surface area contributed by atoms with E-state index >= 15 is 0 Å². The largest absolute Gasteiger partial charge is 0.497 e. The van der Waals surface area contributed by atoms with Crippen LogP contribution < -0.4 is 21.1 Å². The predicted octanol–water partition coefficient (Wildman–Crippen LogP) is 3.11. The van der Waals surface area contributed by atoms with Crippen molar-refractivity contribution >= 4 is 6.21 Å². The molecule has 26 heavy (non-hydrogen) atoms. The van der Waals surface area contributed by atoms with Gasteiger partial charge in [0, 0.05) is 18.7 Å². The van der Waals surface area contributed by atoms with E-state index < -0.39 is 5.79 Å². The van der Waals surface area contributed by atoms with Crippen LogP contribution in [0.3, 0.4) is 0 Å². The molecule has 0 bridgehead atoms. The number of aryl methyl sites for hydroxylation is 1. The third-order valence-corrected chi connectivity index (χ3v) is 4.52. The molecule has 0 aromatic heterocycles. The number of hydrogen-bond acceptors (Lipinski definition) is 5. The normalized spacial score (nSPS) is 20.0. The summed E-state index contributed by atoms with van der Waals surface area (Å²) in [6.45, 7) is 2.12. The molecule has 5 heteroatoms. The number of nitrogens with zero attached hydrogens (tertiary/aromatic N) is 1. The summed E-state index contributed by atoms with van der Waals surface area (Å²) >= 11 is 0. The van der Waals surface area contributed by atoms with Crippen LogP contribution >= 0.6 is 0 Å². The molecular formula is C21H26N4O. The van der Waals surface area contributed by atoms with E-state index in [0.29, 0.717) is 6.42 Å². The second-order valence-corrected chi connectivity index (χ2v) is 6.53. The number of rotatable bonds is 7. The number of allylic oxidation sites excluding steroid dienone is 1. The van der Waals surface area contributed by atoms with Crippen molar-refractivity contribution in [1.29, 1.82) is 0 Å². The van der Waals surface area contributed by atoms with Crippen LogP contribution in [-0.2, 0) is 6.42 Å². The summed E-state index contributed by atoms with van der Waals surface area (Å²) in [5, 5.41) is 6.79. The Balaban J connectivity index is 1.57. The summed E-state index contributed by atoms with van der Waals surface area (Å²) in [5.41, 5.74) is 8.88. The van der Waals surface area contributed by atoms with Crippen LogP contribution in [0.4, 0.5) is 0 Å². The van der Waals surface area contributed by atoms with Crippen molar-refractivity contribution in [3.05, 3.63) is 77.6 Å². The summed E-state index contributed by atoms with van der Waals surface area (Å²) in [4.78, 5) is 4.44. The minimum atomic E-state index is -0.812. The highest BCUT2D eigenvalue weighted by Gasteiger charge is 2.26. The molecule has 2 aromatic rings. The molecule has 0 radical (unpaired) electrons. The van der Waals surface area contributed by atoms with Crippen LogP contribution in [0.2, 0.25) is 0 Å². The van der Waals surface area contributed by atoms with E-state index in [1.165, 1.54) is 11.1 Å². The van der Waals surface area contributed by atoms with E-state index in [-0.39, 0.29) is 6.04 Å². The van der Waals surface area contributed by atoms with Crippen LogP contribution in [-0.4, -0.2) is 19.1 Å². The SMILES string of the molecule is COc1ccc(CCC2(N)N=CC=C(NC(C)c3ccccc3)N2)cc1. The molecule has 2 aromatic carbocycles. The predicted molar refractivity (Wildman–Crippen MR) is 106 cm³/mol. The lowest BCUT2D eigenvalue weighted by atomic mass is 10.1. The highest BCUT2D eigenvalue weighted by Crippen LogP contribution is 2.19. The average Bonchev–Trinajstić information content (AvgIpc) is 2.67. The molecule has 0 fully saturated rings. The fraction of sp³-hybridized carbons (Fsp3) is 0.286. The van der Waals surface area contributed by atoms with Gasteiger partial charge in [-0.1, -0.05) is 42.5 Å². The van der Waals surface area contributed by atoms with E-state index in [1.54, 1.807) is 13.3 Å². The lowest BCUT2D eigenvalue weighted by Gasteiger charge is -2.32. The quantitative estimate of drug-likeness (QED) is 0.717. The maximum Gasteiger partial charge on any atom is 0.183 e.